The van der Waals surface area contributed by atoms with Crippen LogP contribution in [0.5, 0.6) is 11.5 Å². The Labute approximate surface area is 123 Å². The summed E-state index contributed by atoms with van der Waals surface area (Å²) in [5.74, 6) is 1.06. The van der Waals surface area contributed by atoms with Crippen LogP contribution in [0.2, 0.25) is 0 Å². The Morgan fingerprint density at radius 1 is 0.810 bits per heavy atom. The zero-order valence-corrected chi connectivity index (χ0v) is 12.2. The van der Waals surface area contributed by atoms with Crippen LogP contribution in [-0.2, 0) is 9.63 Å². The van der Waals surface area contributed by atoms with Crippen molar-refractivity contribution in [3.05, 3.63) is 48.5 Å². The fraction of sp³-hybridized carbons (Fsp3) is 0.188. The minimum absolute atomic E-state index is 0.401. The van der Waals surface area contributed by atoms with E-state index in [1.807, 2.05) is 24.3 Å². The molecule has 2 aromatic carbocycles. The van der Waals surface area contributed by atoms with Crippen molar-refractivity contribution in [2.45, 2.75) is 6.92 Å². The van der Waals surface area contributed by atoms with Crippen molar-refractivity contribution < 1.29 is 19.1 Å². The SMILES string of the molecule is COc1ccc(N(OC(C)=O)c2ccc(OC)cc2)cc1. The summed E-state index contributed by atoms with van der Waals surface area (Å²) in [7, 11) is 3.20. The number of rotatable bonds is 5. The third-order valence-corrected chi connectivity index (χ3v) is 2.83. The largest absolute Gasteiger partial charge is 0.497 e. The highest BCUT2D eigenvalue weighted by atomic mass is 16.7. The second kappa shape index (κ2) is 6.65. The van der Waals surface area contributed by atoms with Crippen molar-refractivity contribution in [1.29, 1.82) is 0 Å². The summed E-state index contributed by atoms with van der Waals surface area (Å²) in [4.78, 5) is 16.6. The standard InChI is InChI=1S/C16H17NO4/c1-12(18)21-17(13-4-8-15(19-2)9-5-13)14-6-10-16(20-3)11-7-14/h4-11H,1-3H3. The van der Waals surface area contributed by atoms with Crippen molar-refractivity contribution in [3.63, 3.8) is 0 Å². The molecule has 2 aromatic rings. The van der Waals surface area contributed by atoms with Gasteiger partial charge in [0, 0.05) is 6.92 Å². The Kier molecular flexibility index (Phi) is 4.66. The lowest BCUT2D eigenvalue weighted by Crippen LogP contribution is -2.20. The first-order valence-electron chi connectivity index (χ1n) is 6.41. The number of hydrogen-bond acceptors (Lipinski definition) is 5. The Balaban J connectivity index is 2.33. The fourth-order valence-electron chi connectivity index (χ4n) is 1.82. The highest BCUT2D eigenvalue weighted by Crippen LogP contribution is 2.29. The molecule has 0 heterocycles. The molecule has 0 aliphatic rings. The van der Waals surface area contributed by atoms with E-state index in [4.69, 9.17) is 14.3 Å². The fourth-order valence-corrected chi connectivity index (χ4v) is 1.82. The molecule has 5 nitrogen and oxygen atoms in total. The Hall–Kier alpha value is -2.69. The molecule has 0 spiro atoms. The van der Waals surface area contributed by atoms with Gasteiger partial charge in [0.1, 0.15) is 11.5 Å². The molecular weight excluding hydrogens is 270 g/mol. The van der Waals surface area contributed by atoms with Crippen LogP contribution in [0.15, 0.2) is 48.5 Å². The zero-order valence-electron chi connectivity index (χ0n) is 12.2. The first-order chi connectivity index (χ1) is 10.1. The molecule has 0 aromatic heterocycles. The van der Waals surface area contributed by atoms with Crippen molar-refractivity contribution in [2.24, 2.45) is 0 Å². The van der Waals surface area contributed by atoms with E-state index in [0.717, 1.165) is 22.9 Å². The van der Waals surface area contributed by atoms with Crippen LogP contribution in [0.4, 0.5) is 11.4 Å². The van der Waals surface area contributed by atoms with E-state index in [1.165, 1.54) is 12.0 Å². The topological polar surface area (TPSA) is 48.0 Å². The summed E-state index contributed by atoms with van der Waals surface area (Å²) in [6.45, 7) is 1.36. The van der Waals surface area contributed by atoms with Crippen LogP contribution in [0.3, 0.4) is 0 Å². The zero-order chi connectivity index (χ0) is 15.2. The molecule has 0 bridgehead atoms. The predicted molar refractivity (Wildman–Crippen MR) is 79.9 cm³/mol. The molecule has 5 heteroatoms. The van der Waals surface area contributed by atoms with Crippen molar-refractivity contribution in [2.75, 3.05) is 19.3 Å². The molecular formula is C16H17NO4. The van der Waals surface area contributed by atoms with Gasteiger partial charge in [0.25, 0.3) is 0 Å². The van der Waals surface area contributed by atoms with Gasteiger partial charge in [-0.05, 0) is 48.5 Å². The van der Waals surface area contributed by atoms with Crippen LogP contribution >= 0.6 is 0 Å². The maximum Gasteiger partial charge on any atom is 0.329 e. The Morgan fingerprint density at radius 2 is 1.19 bits per heavy atom. The van der Waals surface area contributed by atoms with Crippen LogP contribution < -0.4 is 14.5 Å². The second-order valence-corrected chi connectivity index (χ2v) is 4.27. The van der Waals surface area contributed by atoms with Crippen molar-refractivity contribution >= 4 is 17.3 Å². The molecule has 0 amide bonds. The third-order valence-electron chi connectivity index (χ3n) is 2.83. The monoisotopic (exact) mass is 287 g/mol. The Morgan fingerprint density at radius 3 is 1.48 bits per heavy atom. The van der Waals surface area contributed by atoms with Gasteiger partial charge in [0.15, 0.2) is 0 Å². The molecule has 110 valence electrons. The minimum atomic E-state index is -0.401. The number of ether oxygens (including phenoxy) is 2. The van der Waals surface area contributed by atoms with Crippen LogP contribution in [0, 0.1) is 0 Å². The molecule has 0 radical (unpaired) electrons. The maximum absolute atomic E-state index is 11.3. The summed E-state index contributed by atoms with van der Waals surface area (Å²) >= 11 is 0. The van der Waals surface area contributed by atoms with Gasteiger partial charge in [0.2, 0.25) is 0 Å². The van der Waals surface area contributed by atoms with Gasteiger partial charge in [-0.25, -0.2) is 4.79 Å². The smallest absolute Gasteiger partial charge is 0.329 e. The lowest BCUT2D eigenvalue weighted by atomic mass is 10.2. The number of hydrogen-bond donors (Lipinski definition) is 0. The lowest BCUT2D eigenvalue weighted by Gasteiger charge is -2.22. The van der Waals surface area contributed by atoms with Crippen LogP contribution in [0.25, 0.3) is 0 Å². The van der Waals surface area contributed by atoms with E-state index in [1.54, 1.807) is 38.5 Å². The Bertz CT molecular complexity index is 545. The number of nitrogens with zero attached hydrogens (tertiary/aromatic N) is 1. The average molecular weight is 287 g/mol. The van der Waals surface area contributed by atoms with E-state index >= 15 is 0 Å². The molecule has 2 rings (SSSR count). The van der Waals surface area contributed by atoms with E-state index < -0.39 is 5.97 Å². The maximum atomic E-state index is 11.3. The number of carbonyl (C=O) groups excluding carboxylic acids is 1. The van der Waals surface area contributed by atoms with Gasteiger partial charge < -0.3 is 14.3 Å². The van der Waals surface area contributed by atoms with Crippen molar-refractivity contribution in [1.82, 2.24) is 0 Å². The lowest BCUT2D eigenvalue weighted by molar-refractivity contribution is -0.141. The molecule has 0 unspecified atom stereocenters. The van der Waals surface area contributed by atoms with E-state index in [-0.39, 0.29) is 0 Å². The molecule has 0 saturated carbocycles. The highest BCUT2D eigenvalue weighted by Gasteiger charge is 2.13. The van der Waals surface area contributed by atoms with E-state index in [9.17, 15) is 4.79 Å². The quantitative estimate of drug-likeness (QED) is 0.789. The molecule has 0 aliphatic carbocycles. The first kappa shape index (κ1) is 14.7. The van der Waals surface area contributed by atoms with E-state index in [0.29, 0.717) is 0 Å². The number of carbonyl (C=O) groups is 1. The molecule has 0 aliphatic heterocycles. The number of benzene rings is 2. The van der Waals surface area contributed by atoms with Crippen molar-refractivity contribution in [3.8, 4) is 11.5 Å². The molecule has 21 heavy (non-hydrogen) atoms. The molecule has 0 fully saturated rings. The second-order valence-electron chi connectivity index (χ2n) is 4.27. The molecule has 0 N–H and O–H groups in total. The van der Waals surface area contributed by atoms with E-state index in [2.05, 4.69) is 0 Å². The third kappa shape index (κ3) is 3.66. The van der Waals surface area contributed by atoms with Crippen LogP contribution in [0.1, 0.15) is 6.92 Å². The van der Waals surface area contributed by atoms with Gasteiger partial charge in [-0.3, -0.25) is 0 Å². The minimum Gasteiger partial charge on any atom is -0.497 e. The summed E-state index contributed by atoms with van der Waals surface area (Å²) in [5, 5.41) is 1.46. The predicted octanol–water partition coefficient (Wildman–Crippen LogP) is 3.32. The number of methoxy groups -OCH3 is 2. The van der Waals surface area contributed by atoms with Gasteiger partial charge in [-0.2, -0.15) is 5.06 Å². The van der Waals surface area contributed by atoms with Gasteiger partial charge in [-0.15, -0.1) is 0 Å². The highest BCUT2D eigenvalue weighted by molar-refractivity contribution is 5.71. The average Bonchev–Trinajstić information content (AvgIpc) is 2.53. The summed E-state index contributed by atoms with van der Waals surface area (Å²) in [6.07, 6.45) is 0. The van der Waals surface area contributed by atoms with Gasteiger partial charge in [-0.1, -0.05) is 0 Å². The first-order valence-corrected chi connectivity index (χ1v) is 6.41. The summed E-state index contributed by atoms with van der Waals surface area (Å²) in [6, 6.07) is 14.4. The summed E-state index contributed by atoms with van der Waals surface area (Å²) in [5.41, 5.74) is 1.44. The normalized spacial score (nSPS) is 9.86. The van der Waals surface area contributed by atoms with Crippen LogP contribution in [-0.4, -0.2) is 20.2 Å². The molecule has 0 atom stereocenters. The number of anilines is 2. The van der Waals surface area contributed by atoms with Gasteiger partial charge >= 0.3 is 5.97 Å². The summed E-state index contributed by atoms with van der Waals surface area (Å²) < 4.78 is 10.2. The van der Waals surface area contributed by atoms with Gasteiger partial charge in [0.05, 0.1) is 25.6 Å². The molecule has 0 saturated heterocycles.